The van der Waals surface area contributed by atoms with Gasteiger partial charge in [-0.1, -0.05) is 35.9 Å². The highest BCUT2D eigenvalue weighted by molar-refractivity contribution is 9.10. The maximum Gasteiger partial charge on any atom is 0.266 e. The molecule has 0 N–H and O–H groups in total. The summed E-state index contributed by atoms with van der Waals surface area (Å²) in [6, 6.07) is 19.9. The molecule has 4 rings (SSSR count). The Labute approximate surface area is 205 Å². The molecule has 168 valence electrons. The number of likely N-dealkylation sites (N-methyl/N-ethyl adjacent to an activating group) is 1. The van der Waals surface area contributed by atoms with Crippen LogP contribution in [0.4, 0.5) is 10.1 Å². The summed E-state index contributed by atoms with van der Waals surface area (Å²) in [5.41, 5.74) is 3.78. The van der Waals surface area contributed by atoms with Gasteiger partial charge in [-0.25, -0.2) is 9.38 Å². The molecule has 0 aromatic heterocycles. The first kappa shape index (κ1) is 23.3. The van der Waals surface area contributed by atoms with E-state index in [1.807, 2.05) is 31.2 Å². The van der Waals surface area contributed by atoms with Crippen LogP contribution in [0.15, 0.2) is 81.1 Å². The van der Waals surface area contributed by atoms with Crippen LogP contribution in [0.1, 0.15) is 23.6 Å². The topological polar surface area (TPSA) is 41.9 Å². The van der Waals surface area contributed by atoms with Gasteiger partial charge in [0, 0.05) is 6.54 Å². The third kappa shape index (κ3) is 5.72. The Morgan fingerprint density at radius 2 is 1.82 bits per heavy atom. The first-order valence-corrected chi connectivity index (χ1v) is 12.1. The number of carbonyl (C=O) groups is 1. The summed E-state index contributed by atoms with van der Waals surface area (Å²) in [6.45, 7) is 4.93. The van der Waals surface area contributed by atoms with Crippen molar-refractivity contribution in [2.24, 2.45) is 4.99 Å². The molecule has 1 saturated heterocycles. The van der Waals surface area contributed by atoms with Crippen molar-refractivity contribution in [1.29, 1.82) is 0 Å². The first-order chi connectivity index (χ1) is 15.9. The molecule has 1 heterocycles. The van der Waals surface area contributed by atoms with Gasteiger partial charge in [0.1, 0.15) is 18.2 Å². The van der Waals surface area contributed by atoms with Crippen molar-refractivity contribution in [2.45, 2.75) is 20.5 Å². The molecule has 0 unspecified atom stereocenters. The van der Waals surface area contributed by atoms with E-state index in [1.165, 1.54) is 29.5 Å². The average molecular weight is 525 g/mol. The van der Waals surface area contributed by atoms with Crippen LogP contribution in [0.2, 0.25) is 0 Å². The summed E-state index contributed by atoms with van der Waals surface area (Å²) in [7, 11) is 0. The van der Waals surface area contributed by atoms with E-state index in [9.17, 15) is 9.18 Å². The third-order valence-electron chi connectivity index (χ3n) is 5.02. The van der Waals surface area contributed by atoms with Crippen LogP contribution < -0.4 is 4.74 Å². The van der Waals surface area contributed by atoms with Crippen LogP contribution in [0, 0.1) is 12.7 Å². The zero-order valence-corrected chi connectivity index (χ0v) is 20.6. The summed E-state index contributed by atoms with van der Waals surface area (Å²) >= 11 is 4.88. The smallest absolute Gasteiger partial charge is 0.266 e. The second kappa shape index (κ2) is 10.4. The number of nitrogens with zero attached hydrogens (tertiary/aromatic N) is 2. The van der Waals surface area contributed by atoms with E-state index >= 15 is 0 Å². The van der Waals surface area contributed by atoms with Gasteiger partial charge >= 0.3 is 0 Å². The van der Waals surface area contributed by atoms with Crippen LogP contribution in [-0.2, 0) is 11.4 Å². The van der Waals surface area contributed by atoms with Gasteiger partial charge in [0.2, 0.25) is 0 Å². The van der Waals surface area contributed by atoms with Crippen molar-refractivity contribution in [3.05, 3.63) is 98.6 Å². The van der Waals surface area contributed by atoms with E-state index in [0.29, 0.717) is 28.9 Å². The molecular weight excluding hydrogens is 503 g/mol. The van der Waals surface area contributed by atoms with Crippen LogP contribution in [-0.4, -0.2) is 22.5 Å². The Hall–Kier alpha value is -2.90. The largest absolute Gasteiger partial charge is 0.488 e. The van der Waals surface area contributed by atoms with Crippen LogP contribution in [0.25, 0.3) is 6.08 Å². The SMILES string of the molecule is CCN1C(=O)/C(=C\c2ccc(OCc3ccc(C)cc3)c(Br)c2)SC1=Nc1ccc(F)cc1. The normalized spacial score (nSPS) is 16.1. The molecule has 3 aromatic rings. The molecule has 0 spiro atoms. The molecule has 1 amide bonds. The molecule has 1 aliphatic rings. The first-order valence-electron chi connectivity index (χ1n) is 10.5. The number of rotatable bonds is 6. The lowest BCUT2D eigenvalue weighted by Crippen LogP contribution is -2.28. The van der Waals surface area contributed by atoms with Crippen molar-refractivity contribution in [3.63, 3.8) is 0 Å². The number of hydrogen-bond donors (Lipinski definition) is 0. The summed E-state index contributed by atoms with van der Waals surface area (Å²) in [5, 5.41) is 0.581. The Morgan fingerprint density at radius 3 is 2.48 bits per heavy atom. The second-order valence-corrected chi connectivity index (χ2v) is 9.36. The monoisotopic (exact) mass is 524 g/mol. The number of aliphatic imine (C=N–C) groups is 1. The van der Waals surface area contributed by atoms with Crippen LogP contribution >= 0.6 is 27.7 Å². The van der Waals surface area contributed by atoms with Gasteiger partial charge in [-0.05, 0) is 95.1 Å². The predicted molar refractivity (Wildman–Crippen MR) is 136 cm³/mol. The summed E-state index contributed by atoms with van der Waals surface area (Å²) in [5.74, 6) is 0.315. The molecule has 7 heteroatoms. The molecule has 0 atom stereocenters. The lowest BCUT2D eigenvalue weighted by Gasteiger charge is -2.12. The van der Waals surface area contributed by atoms with Gasteiger partial charge in [0.05, 0.1) is 15.1 Å². The number of aryl methyl sites for hydroxylation is 1. The molecule has 0 radical (unpaired) electrons. The molecule has 0 aliphatic carbocycles. The van der Waals surface area contributed by atoms with Crippen molar-refractivity contribution in [2.75, 3.05) is 6.54 Å². The summed E-state index contributed by atoms with van der Waals surface area (Å²) in [4.78, 5) is 19.6. The van der Waals surface area contributed by atoms with E-state index in [4.69, 9.17) is 4.74 Å². The lowest BCUT2D eigenvalue weighted by atomic mass is 10.1. The molecule has 0 saturated carbocycles. The fourth-order valence-corrected chi connectivity index (χ4v) is 4.79. The third-order valence-corrected chi connectivity index (χ3v) is 6.65. The Kier molecular flexibility index (Phi) is 7.30. The van der Waals surface area contributed by atoms with Gasteiger partial charge in [-0.2, -0.15) is 0 Å². The van der Waals surface area contributed by atoms with Crippen molar-refractivity contribution < 1.29 is 13.9 Å². The molecule has 3 aromatic carbocycles. The van der Waals surface area contributed by atoms with Gasteiger partial charge < -0.3 is 4.74 Å². The van der Waals surface area contributed by atoms with E-state index in [-0.39, 0.29) is 11.7 Å². The fourth-order valence-electron chi connectivity index (χ4n) is 3.22. The van der Waals surface area contributed by atoms with E-state index < -0.39 is 0 Å². The minimum Gasteiger partial charge on any atom is -0.488 e. The number of amidine groups is 1. The molecule has 0 bridgehead atoms. The molecule has 4 nitrogen and oxygen atoms in total. The molecule has 1 aliphatic heterocycles. The second-order valence-electron chi connectivity index (χ2n) is 7.49. The van der Waals surface area contributed by atoms with Crippen molar-refractivity contribution >= 4 is 50.5 Å². The summed E-state index contributed by atoms with van der Waals surface area (Å²) < 4.78 is 19.9. The van der Waals surface area contributed by atoms with Crippen molar-refractivity contribution in [3.8, 4) is 5.75 Å². The predicted octanol–water partition coefficient (Wildman–Crippen LogP) is 7.10. The van der Waals surface area contributed by atoms with Crippen LogP contribution in [0.5, 0.6) is 5.75 Å². The highest BCUT2D eigenvalue weighted by atomic mass is 79.9. The van der Waals surface area contributed by atoms with Gasteiger partial charge in [0.25, 0.3) is 5.91 Å². The molecule has 1 fully saturated rings. The van der Waals surface area contributed by atoms with E-state index in [2.05, 4.69) is 52.1 Å². The Balaban J connectivity index is 1.50. The number of hydrogen-bond acceptors (Lipinski definition) is 4. The van der Waals surface area contributed by atoms with Crippen LogP contribution in [0.3, 0.4) is 0 Å². The van der Waals surface area contributed by atoms with E-state index in [1.54, 1.807) is 17.0 Å². The minimum absolute atomic E-state index is 0.0980. The number of ether oxygens (including phenoxy) is 1. The zero-order valence-electron chi connectivity index (χ0n) is 18.2. The van der Waals surface area contributed by atoms with E-state index in [0.717, 1.165) is 21.3 Å². The van der Waals surface area contributed by atoms with Crippen molar-refractivity contribution in [1.82, 2.24) is 4.90 Å². The van der Waals surface area contributed by atoms with Gasteiger partial charge in [-0.3, -0.25) is 9.69 Å². The fraction of sp³-hybridized carbons (Fsp3) is 0.154. The highest BCUT2D eigenvalue weighted by Gasteiger charge is 2.32. The highest BCUT2D eigenvalue weighted by Crippen LogP contribution is 2.35. The molecule has 33 heavy (non-hydrogen) atoms. The van der Waals surface area contributed by atoms with Gasteiger partial charge in [-0.15, -0.1) is 0 Å². The number of amides is 1. The Bertz CT molecular complexity index is 1220. The van der Waals surface area contributed by atoms with Gasteiger partial charge in [0.15, 0.2) is 5.17 Å². The minimum atomic E-state index is -0.320. The molecular formula is C26H22BrFN2O2S. The Morgan fingerprint density at radius 1 is 1.09 bits per heavy atom. The lowest BCUT2D eigenvalue weighted by molar-refractivity contribution is -0.122. The quantitative estimate of drug-likeness (QED) is 0.323. The number of benzene rings is 3. The summed E-state index contributed by atoms with van der Waals surface area (Å²) in [6.07, 6.45) is 1.84. The number of halogens is 2. The average Bonchev–Trinajstić information content (AvgIpc) is 3.09. The maximum absolute atomic E-state index is 13.2. The number of thioether (sulfide) groups is 1. The number of carbonyl (C=O) groups excluding carboxylic acids is 1. The zero-order chi connectivity index (χ0) is 23.4. The maximum atomic E-state index is 13.2. The standard InChI is InChI=1S/C26H22BrFN2O2S/c1-3-30-25(31)24(33-26(30)29-21-11-9-20(28)10-12-21)15-19-8-13-23(22(27)14-19)32-16-18-6-4-17(2)5-7-18/h4-15H,3,16H2,1-2H3/b24-15+,29-26?.